The van der Waals surface area contributed by atoms with E-state index in [1.165, 1.54) is 4.90 Å². The highest BCUT2D eigenvalue weighted by Crippen LogP contribution is 2.34. The van der Waals surface area contributed by atoms with E-state index in [1.807, 2.05) is 48.5 Å². The van der Waals surface area contributed by atoms with E-state index in [0.29, 0.717) is 23.6 Å². The van der Waals surface area contributed by atoms with E-state index in [9.17, 15) is 9.59 Å². The summed E-state index contributed by atoms with van der Waals surface area (Å²) in [6, 6.07) is 17.8. The van der Waals surface area contributed by atoms with Crippen LogP contribution in [0.25, 0.3) is 11.3 Å². The number of nitrogens with zero attached hydrogens (tertiary/aromatic N) is 3. The molecule has 9 heteroatoms. The molecule has 0 saturated heterocycles. The molecule has 3 heterocycles. The summed E-state index contributed by atoms with van der Waals surface area (Å²) in [5.74, 6) is 0.310. The summed E-state index contributed by atoms with van der Waals surface area (Å²) in [4.78, 5) is 27.3. The fourth-order valence-electron chi connectivity index (χ4n) is 3.71. The van der Waals surface area contributed by atoms with Crippen LogP contribution in [0.2, 0.25) is 0 Å². The standard InChI is InChI=1S/C24H21N5O4/c1-29-21-12-16(18-9-10-25-27-18)7-8-22(21)32-14-20(24(29)31)26-23(30)19-13-17(33-28-19)11-15-5-3-2-4-6-15/h2-10,12-13,20H,11,14H2,1H3,(H,25,27)(H,26,30). The molecule has 0 radical (unpaired) electrons. The highest BCUT2D eigenvalue weighted by molar-refractivity contribution is 6.03. The van der Waals surface area contributed by atoms with Gasteiger partial charge >= 0.3 is 0 Å². The van der Waals surface area contributed by atoms with Gasteiger partial charge in [0.25, 0.3) is 11.8 Å². The summed E-state index contributed by atoms with van der Waals surface area (Å²) in [7, 11) is 1.65. The fraction of sp³-hybridized carbons (Fsp3) is 0.167. The number of H-pyrrole nitrogens is 1. The van der Waals surface area contributed by atoms with Gasteiger partial charge in [0.1, 0.15) is 24.2 Å². The minimum Gasteiger partial charge on any atom is -0.489 e. The number of carbonyl (C=O) groups excluding carboxylic acids is 2. The molecule has 1 atom stereocenters. The van der Waals surface area contributed by atoms with E-state index in [-0.39, 0.29) is 18.2 Å². The van der Waals surface area contributed by atoms with Gasteiger partial charge in [0.2, 0.25) is 0 Å². The van der Waals surface area contributed by atoms with Crippen molar-refractivity contribution in [1.29, 1.82) is 0 Å². The molecule has 0 aliphatic carbocycles. The molecule has 1 aliphatic rings. The maximum absolute atomic E-state index is 13.1. The molecule has 2 N–H and O–H groups in total. The van der Waals surface area contributed by atoms with E-state index in [0.717, 1.165) is 16.8 Å². The molecule has 4 aromatic rings. The Labute approximate surface area is 189 Å². The number of ether oxygens (including phenoxy) is 1. The summed E-state index contributed by atoms with van der Waals surface area (Å²) in [6.45, 7) is -0.00160. The van der Waals surface area contributed by atoms with Crippen LogP contribution in [0.3, 0.4) is 0 Å². The van der Waals surface area contributed by atoms with Gasteiger partial charge in [0.15, 0.2) is 5.69 Å². The molecule has 0 bridgehead atoms. The van der Waals surface area contributed by atoms with Crippen molar-refractivity contribution >= 4 is 17.5 Å². The van der Waals surface area contributed by atoms with Crippen molar-refractivity contribution in [3.8, 4) is 17.0 Å². The molecular weight excluding hydrogens is 422 g/mol. The monoisotopic (exact) mass is 443 g/mol. The maximum Gasteiger partial charge on any atom is 0.274 e. The predicted molar refractivity (Wildman–Crippen MR) is 120 cm³/mol. The zero-order valence-electron chi connectivity index (χ0n) is 17.8. The van der Waals surface area contributed by atoms with Crippen LogP contribution < -0.4 is 15.0 Å². The number of benzene rings is 2. The van der Waals surface area contributed by atoms with E-state index < -0.39 is 11.9 Å². The summed E-state index contributed by atoms with van der Waals surface area (Å²) in [6.07, 6.45) is 2.25. The molecule has 2 aromatic carbocycles. The third-order valence-electron chi connectivity index (χ3n) is 5.47. The van der Waals surface area contributed by atoms with Crippen LogP contribution in [0.4, 0.5) is 5.69 Å². The number of anilines is 1. The van der Waals surface area contributed by atoms with Crippen LogP contribution >= 0.6 is 0 Å². The number of aromatic amines is 1. The molecule has 0 spiro atoms. The van der Waals surface area contributed by atoms with Crippen LogP contribution in [0.5, 0.6) is 5.75 Å². The number of hydrogen-bond donors (Lipinski definition) is 2. The second-order valence-corrected chi connectivity index (χ2v) is 7.72. The first-order valence-corrected chi connectivity index (χ1v) is 10.4. The second-order valence-electron chi connectivity index (χ2n) is 7.72. The van der Waals surface area contributed by atoms with Gasteiger partial charge in [-0.3, -0.25) is 14.7 Å². The van der Waals surface area contributed by atoms with Crippen molar-refractivity contribution in [2.24, 2.45) is 0 Å². The van der Waals surface area contributed by atoms with Gasteiger partial charge in [-0.2, -0.15) is 5.10 Å². The van der Waals surface area contributed by atoms with Crippen molar-refractivity contribution in [2.75, 3.05) is 18.6 Å². The summed E-state index contributed by atoms with van der Waals surface area (Å²) >= 11 is 0. The van der Waals surface area contributed by atoms with Crippen LogP contribution in [0.15, 0.2) is 71.4 Å². The normalized spacial score (nSPS) is 15.5. The van der Waals surface area contributed by atoms with Crippen molar-refractivity contribution in [3.05, 3.63) is 83.9 Å². The van der Waals surface area contributed by atoms with Crippen LogP contribution in [-0.4, -0.2) is 46.9 Å². The second kappa shape index (κ2) is 8.62. The molecule has 33 heavy (non-hydrogen) atoms. The number of fused-ring (bicyclic) bond motifs is 1. The summed E-state index contributed by atoms with van der Waals surface area (Å²) in [5, 5.41) is 13.5. The Morgan fingerprint density at radius 1 is 1.18 bits per heavy atom. The fourth-order valence-corrected chi connectivity index (χ4v) is 3.71. The van der Waals surface area contributed by atoms with Gasteiger partial charge in [-0.1, -0.05) is 35.5 Å². The first-order chi connectivity index (χ1) is 16.1. The average Bonchev–Trinajstić information content (AvgIpc) is 3.52. The Morgan fingerprint density at radius 3 is 2.82 bits per heavy atom. The van der Waals surface area contributed by atoms with Crippen molar-refractivity contribution < 1.29 is 18.8 Å². The Morgan fingerprint density at radius 2 is 2.03 bits per heavy atom. The molecular formula is C24H21N5O4. The van der Waals surface area contributed by atoms with Crippen LogP contribution in [0, 0.1) is 0 Å². The Bertz CT molecular complexity index is 1280. The van der Waals surface area contributed by atoms with Gasteiger partial charge in [-0.15, -0.1) is 0 Å². The smallest absolute Gasteiger partial charge is 0.274 e. The first kappa shape index (κ1) is 20.5. The predicted octanol–water partition coefficient (Wildman–Crippen LogP) is 2.81. The van der Waals surface area contributed by atoms with Crippen LogP contribution in [-0.2, 0) is 11.2 Å². The lowest BCUT2D eigenvalue weighted by molar-refractivity contribution is -0.120. The SMILES string of the molecule is CN1C(=O)C(NC(=O)c2cc(Cc3ccccc3)on2)COc2ccc(-c3cc[nH]n3)cc21. The van der Waals surface area contributed by atoms with E-state index in [4.69, 9.17) is 9.26 Å². The average molecular weight is 443 g/mol. The van der Waals surface area contributed by atoms with E-state index in [1.54, 1.807) is 25.4 Å². The van der Waals surface area contributed by atoms with Gasteiger partial charge in [0.05, 0.1) is 11.4 Å². The van der Waals surface area contributed by atoms with Crippen molar-refractivity contribution in [3.63, 3.8) is 0 Å². The first-order valence-electron chi connectivity index (χ1n) is 10.4. The lowest BCUT2D eigenvalue weighted by Gasteiger charge is -2.20. The van der Waals surface area contributed by atoms with E-state index >= 15 is 0 Å². The zero-order valence-corrected chi connectivity index (χ0v) is 17.8. The Kier molecular flexibility index (Phi) is 5.35. The third kappa shape index (κ3) is 4.20. The van der Waals surface area contributed by atoms with Crippen molar-refractivity contribution in [2.45, 2.75) is 12.5 Å². The lowest BCUT2D eigenvalue weighted by Crippen LogP contribution is -2.49. The van der Waals surface area contributed by atoms with Crippen molar-refractivity contribution in [1.82, 2.24) is 20.7 Å². The minimum absolute atomic E-state index is 0.00160. The molecule has 0 saturated carbocycles. The number of rotatable bonds is 5. The number of amides is 2. The van der Waals surface area contributed by atoms with Gasteiger partial charge in [0, 0.05) is 31.3 Å². The van der Waals surface area contributed by atoms with Gasteiger partial charge in [-0.05, 0) is 29.8 Å². The molecule has 1 aliphatic heterocycles. The largest absolute Gasteiger partial charge is 0.489 e. The topological polar surface area (TPSA) is 113 Å². The molecule has 2 aromatic heterocycles. The van der Waals surface area contributed by atoms with E-state index in [2.05, 4.69) is 20.7 Å². The zero-order chi connectivity index (χ0) is 22.8. The van der Waals surface area contributed by atoms with Gasteiger partial charge in [-0.25, -0.2) is 0 Å². The highest BCUT2D eigenvalue weighted by Gasteiger charge is 2.31. The third-order valence-corrected chi connectivity index (χ3v) is 5.47. The molecule has 5 rings (SSSR count). The van der Waals surface area contributed by atoms with Crippen LogP contribution in [0.1, 0.15) is 21.8 Å². The lowest BCUT2D eigenvalue weighted by atomic mass is 10.1. The summed E-state index contributed by atoms with van der Waals surface area (Å²) < 4.78 is 11.2. The summed E-state index contributed by atoms with van der Waals surface area (Å²) in [5.41, 5.74) is 3.35. The molecule has 9 nitrogen and oxygen atoms in total. The number of hydrogen-bond acceptors (Lipinski definition) is 6. The molecule has 166 valence electrons. The number of nitrogens with one attached hydrogen (secondary N) is 2. The number of aromatic nitrogens is 3. The minimum atomic E-state index is -0.877. The van der Waals surface area contributed by atoms with Gasteiger partial charge < -0.3 is 19.5 Å². The quantitative estimate of drug-likeness (QED) is 0.490. The number of carbonyl (C=O) groups is 2. The molecule has 1 unspecified atom stereocenters. The Hall–Kier alpha value is -4.40. The maximum atomic E-state index is 13.1. The number of likely N-dealkylation sites (N-methyl/N-ethyl adjacent to an activating group) is 1. The highest BCUT2D eigenvalue weighted by atomic mass is 16.5. The Balaban J connectivity index is 1.29. The molecule has 0 fully saturated rings. The molecule has 2 amide bonds.